The number of hydrogen-bond donors (Lipinski definition) is 3. The van der Waals surface area contributed by atoms with Crippen molar-refractivity contribution in [3.8, 4) is 0 Å². The number of aliphatic hydroxyl groups excluding tert-OH is 1. The summed E-state index contributed by atoms with van der Waals surface area (Å²) in [5, 5.41) is 17.1. The largest absolute Gasteiger partial charge is 0.394 e. The van der Waals surface area contributed by atoms with Crippen LogP contribution < -0.4 is 11.1 Å². The lowest BCUT2D eigenvalue weighted by atomic mass is 10.2. The minimum atomic E-state index is -0.264. The third-order valence-electron chi connectivity index (χ3n) is 2.91. The fourth-order valence-corrected chi connectivity index (χ4v) is 1.73. The molecule has 0 amide bonds. The first-order chi connectivity index (χ1) is 7.09. The average Bonchev–Trinajstić information content (AvgIpc) is 2.96. The van der Waals surface area contributed by atoms with Crippen molar-refractivity contribution in [2.24, 2.45) is 13.0 Å². The zero-order valence-corrected chi connectivity index (χ0v) is 9.20. The van der Waals surface area contributed by atoms with Crippen LogP contribution in [0.2, 0.25) is 0 Å². The van der Waals surface area contributed by atoms with E-state index >= 15 is 0 Å². The Hall–Kier alpha value is -1.23. The van der Waals surface area contributed by atoms with E-state index in [9.17, 15) is 5.11 Å². The molecule has 0 spiro atoms. The first kappa shape index (κ1) is 10.3. The average molecular weight is 210 g/mol. The number of aliphatic hydroxyl groups is 1. The fraction of sp³-hybridized carbons (Fsp3) is 0.700. The van der Waals surface area contributed by atoms with Gasteiger partial charge in [-0.15, -0.1) is 0 Å². The summed E-state index contributed by atoms with van der Waals surface area (Å²) in [5.41, 5.74) is 7.34. The van der Waals surface area contributed by atoms with Crippen LogP contribution in [0.3, 0.4) is 0 Å². The van der Waals surface area contributed by atoms with Gasteiger partial charge in [-0.2, -0.15) is 5.10 Å². The molecule has 0 radical (unpaired) electrons. The quantitative estimate of drug-likeness (QED) is 0.676. The summed E-state index contributed by atoms with van der Waals surface area (Å²) < 4.78 is 1.71. The van der Waals surface area contributed by atoms with Gasteiger partial charge in [-0.1, -0.05) is 0 Å². The lowest BCUT2D eigenvalue weighted by molar-refractivity contribution is 0.164. The summed E-state index contributed by atoms with van der Waals surface area (Å²) in [6.07, 6.45) is 2.02. The number of hydrogen-bond acceptors (Lipinski definition) is 4. The smallest absolute Gasteiger partial charge is 0.147 e. The molecule has 4 N–H and O–H groups in total. The zero-order chi connectivity index (χ0) is 11.0. The van der Waals surface area contributed by atoms with Crippen LogP contribution in [-0.4, -0.2) is 27.5 Å². The van der Waals surface area contributed by atoms with E-state index in [4.69, 9.17) is 5.73 Å². The molecule has 1 unspecified atom stereocenters. The Balaban J connectivity index is 1.97. The molecule has 1 atom stereocenters. The number of aromatic nitrogens is 2. The van der Waals surface area contributed by atoms with Crippen LogP contribution in [0.25, 0.3) is 0 Å². The first-order valence-corrected chi connectivity index (χ1v) is 5.30. The van der Waals surface area contributed by atoms with Crippen molar-refractivity contribution < 1.29 is 5.11 Å². The molecule has 1 fully saturated rings. The lowest BCUT2D eigenvalue weighted by Crippen LogP contribution is -2.22. The topological polar surface area (TPSA) is 76.1 Å². The van der Waals surface area contributed by atoms with Crippen LogP contribution in [0.4, 0.5) is 11.5 Å². The van der Waals surface area contributed by atoms with Gasteiger partial charge in [0.1, 0.15) is 5.82 Å². The van der Waals surface area contributed by atoms with Gasteiger partial charge < -0.3 is 16.2 Å². The Morgan fingerprint density at radius 1 is 1.67 bits per heavy atom. The molecular formula is C10H18N4O. The molecule has 0 saturated heterocycles. The Morgan fingerprint density at radius 3 is 2.80 bits per heavy atom. The molecule has 0 aromatic carbocycles. The number of nitrogens with two attached hydrogens (primary N) is 1. The molecule has 84 valence electrons. The highest BCUT2D eigenvalue weighted by atomic mass is 16.3. The third-order valence-corrected chi connectivity index (χ3v) is 2.91. The third kappa shape index (κ3) is 2.07. The number of nitrogen functional groups attached to an aromatic ring is 1. The molecule has 0 aliphatic heterocycles. The predicted octanol–water partition coefficient (Wildman–Crippen LogP) is 0.494. The highest BCUT2D eigenvalue weighted by Crippen LogP contribution is 2.32. The number of nitrogens with zero attached hydrogens (tertiary/aromatic N) is 2. The van der Waals surface area contributed by atoms with Crippen LogP contribution >= 0.6 is 0 Å². The molecule has 1 aromatic rings. The van der Waals surface area contributed by atoms with E-state index in [0.717, 1.165) is 24.4 Å². The number of nitrogens with one attached hydrogen (secondary N) is 1. The van der Waals surface area contributed by atoms with Crippen LogP contribution in [0, 0.1) is 12.8 Å². The molecule has 1 aliphatic carbocycles. The maximum absolute atomic E-state index is 9.71. The predicted molar refractivity (Wildman–Crippen MR) is 59.6 cm³/mol. The summed E-state index contributed by atoms with van der Waals surface area (Å²) in [7, 11) is 1.84. The van der Waals surface area contributed by atoms with Crippen LogP contribution in [-0.2, 0) is 7.05 Å². The zero-order valence-electron chi connectivity index (χ0n) is 9.20. The molecule has 15 heavy (non-hydrogen) atoms. The Labute approximate surface area is 89.3 Å². The van der Waals surface area contributed by atoms with E-state index in [-0.39, 0.29) is 6.10 Å². The highest BCUT2D eigenvalue weighted by Gasteiger charge is 2.29. The van der Waals surface area contributed by atoms with Gasteiger partial charge in [0.15, 0.2) is 0 Å². The molecule has 1 aromatic heterocycles. The highest BCUT2D eigenvalue weighted by molar-refractivity contribution is 5.64. The second-order valence-electron chi connectivity index (χ2n) is 4.26. The molecule has 5 nitrogen and oxygen atoms in total. The molecule has 2 rings (SSSR count). The van der Waals surface area contributed by atoms with Crippen molar-refractivity contribution in [1.82, 2.24) is 9.78 Å². The first-order valence-electron chi connectivity index (χ1n) is 5.30. The Bertz CT molecular complexity index is 357. The SMILES string of the molecule is Cc1nn(C)c(NCC(O)C2CC2)c1N. The summed E-state index contributed by atoms with van der Waals surface area (Å²) in [6.45, 7) is 2.42. The van der Waals surface area contributed by atoms with Crippen molar-refractivity contribution in [3.05, 3.63) is 5.69 Å². The van der Waals surface area contributed by atoms with Crippen molar-refractivity contribution in [2.75, 3.05) is 17.6 Å². The lowest BCUT2D eigenvalue weighted by Gasteiger charge is -2.12. The van der Waals surface area contributed by atoms with Gasteiger partial charge in [-0.05, 0) is 25.7 Å². The number of aryl methyl sites for hydroxylation is 2. The molecule has 1 aliphatic rings. The van der Waals surface area contributed by atoms with Crippen LogP contribution in [0.5, 0.6) is 0 Å². The fourth-order valence-electron chi connectivity index (χ4n) is 1.73. The van der Waals surface area contributed by atoms with Gasteiger partial charge >= 0.3 is 0 Å². The summed E-state index contributed by atoms with van der Waals surface area (Å²) >= 11 is 0. The molecular weight excluding hydrogens is 192 g/mol. The van der Waals surface area contributed by atoms with Gasteiger partial charge in [0.2, 0.25) is 0 Å². The van der Waals surface area contributed by atoms with Gasteiger partial charge in [0.05, 0.1) is 17.5 Å². The van der Waals surface area contributed by atoms with Crippen LogP contribution in [0.1, 0.15) is 18.5 Å². The monoisotopic (exact) mass is 210 g/mol. The minimum absolute atomic E-state index is 0.264. The number of anilines is 2. The van der Waals surface area contributed by atoms with Crippen LogP contribution in [0.15, 0.2) is 0 Å². The van der Waals surface area contributed by atoms with E-state index in [1.165, 1.54) is 0 Å². The van der Waals surface area contributed by atoms with E-state index < -0.39 is 0 Å². The summed E-state index contributed by atoms with van der Waals surface area (Å²) in [4.78, 5) is 0. The van der Waals surface area contributed by atoms with Gasteiger partial charge in [0.25, 0.3) is 0 Å². The summed E-state index contributed by atoms with van der Waals surface area (Å²) in [5.74, 6) is 1.28. The second kappa shape index (κ2) is 3.73. The van der Waals surface area contributed by atoms with Crippen molar-refractivity contribution >= 4 is 11.5 Å². The van der Waals surface area contributed by atoms with Gasteiger partial charge in [0, 0.05) is 13.6 Å². The van der Waals surface area contributed by atoms with E-state index in [2.05, 4.69) is 10.4 Å². The minimum Gasteiger partial charge on any atom is -0.394 e. The normalized spacial score (nSPS) is 17.8. The van der Waals surface area contributed by atoms with Crippen molar-refractivity contribution in [3.63, 3.8) is 0 Å². The maximum Gasteiger partial charge on any atom is 0.147 e. The Kier molecular flexibility index (Phi) is 2.56. The van der Waals surface area contributed by atoms with Crippen molar-refractivity contribution in [2.45, 2.75) is 25.9 Å². The summed E-state index contributed by atoms with van der Waals surface area (Å²) in [6, 6.07) is 0. The number of rotatable bonds is 4. The van der Waals surface area contributed by atoms with E-state index in [0.29, 0.717) is 18.2 Å². The van der Waals surface area contributed by atoms with Gasteiger partial charge in [-0.3, -0.25) is 4.68 Å². The maximum atomic E-state index is 9.71. The second-order valence-corrected chi connectivity index (χ2v) is 4.26. The van der Waals surface area contributed by atoms with Gasteiger partial charge in [-0.25, -0.2) is 0 Å². The molecule has 1 heterocycles. The Morgan fingerprint density at radius 2 is 2.33 bits per heavy atom. The standard InChI is InChI=1S/C10H18N4O/c1-6-9(11)10(14(2)13-6)12-5-8(15)7-3-4-7/h7-8,12,15H,3-5,11H2,1-2H3. The molecule has 5 heteroatoms. The van der Waals surface area contributed by atoms with E-state index in [1.54, 1.807) is 4.68 Å². The van der Waals surface area contributed by atoms with Crippen molar-refractivity contribution in [1.29, 1.82) is 0 Å². The molecule has 0 bridgehead atoms. The van der Waals surface area contributed by atoms with E-state index in [1.807, 2.05) is 14.0 Å². The molecule has 1 saturated carbocycles.